The third kappa shape index (κ3) is 5.00. The number of phenolic OH excluding ortho intramolecular Hbond substituents is 1. The van der Waals surface area contributed by atoms with Gasteiger partial charge in [0.05, 0.1) is 6.10 Å². The first-order valence-corrected chi connectivity index (χ1v) is 5.42. The van der Waals surface area contributed by atoms with Crippen molar-refractivity contribution < 1.29 is 14.9 Å². The molecule has 90 valence electrons. The van der Waals surface area contributed by atoms with Crippen molar-refractivity contribution in [3.05, 3.63) is 24.3 Å². The maximum Gasteiger partial charge on any atom is 0.120 e. The first kappa shape index (κ1) is 12.8. The number of benzene rings is 1. The fourth-order valence-corrected chi connectivity index (χ4v) is 1.29. The lowest BCUT2D eigenvalue weighted by molar-refractivity contribution is 0.174. The summed E-state index contributed by atoms with van der Waals surface area (Å²) in [4.78, 5) is 0. The zero-order valence-corrected chi connectivity index (χ0v) is 9.68. The van der Waals surface area contributed by atoms with Gasteiger partial charge in [0, 0.05) is 13.1 Å². The van der Waals surface area contributed by atoms with Gasteiger partial charge in [0.25, 0.3) is 0 Å². The molecule has 3 N–H and O–H groups in total. The molecular weight excluding hydrogens is 206 g/mol. The lowest BCUT2D eigenvalue weighted by atomic mass is 10.3. The fourth-order valence-electron chi connectivity index (χ4n) is 1.29. The Labute approximate surface area is 95.9 Å². The van der Waals surface area contributed by atoms with Crippen LogP contribution in [0.5, 0.6) is 11.5 Å². The zero-order chi connectivity index (χ0) is 12.0. The number of ether oxygens (including phenoxy) is 1. The van der Waals surface area contributed by atoms with Crippen molar-refractivity contribution >= 4 is 0 Å². The third-order valence-electron chi connectivity index (χ3n) is 2.05. The van der Waals surface area contributed by atoms with E-state index in [0.29, 0.717) is 13.1 Å². The van der Waals surface area contributed by atoms with Gasteiger partial charge in [-0.05, 0) is 38.1 Å². The molecule has 1 aromatic carbocycles. The molecule has 2 atom stereocenters. The van der Waals surface area contributed by atoms with Gasteiger partial charge in [0.2, 0.25) is 0 Å². The Morgan fingerprint density at radius 1 is 1.19 bits per heavy atom. The molecule has 0 aliphatic rings. The quantitative estimate of drug-likeness (QED) is 0.679. The molecule has 0 aliphatic carbocycles. The summed E-state index contributed by atoms with van der Waals surface area (Å²) in [6.07, 6.45) is -0.329. The Morgan fingerprint density at radius 2 is 1.81 bits per heavy atom. The summed E-state index contributed by atoms with van der Waals surface area (Å²) in [5.41, 5.74) is 0. The fraction of sp³-hybridized carbons (Fsp3) is 0.500. The highest BCUT2D eigenvalue weighted by Crippen LogP contribution is 2.16. The average Bonchev–Trinajstić information content (AvgIpc) is 2.21. The number of aromatic hydroxyl groups is 1. The molecule has 16 heavy (non-hydrogen) atoms. The van der Waals surface area contributed by atoms with Crippen LogP contribution in [0.3, 0.4) is 0 Å². The standard InChI is InChI=1S/C12H19NO3/c1-9(14)7-13-8-10(2)16-12-5-3-11(15)4-6-12/h3-6,9-10,13-15H,7-8H2,1-2H3. The van der Waals surface area contributed by atoms with Gasteiger partial charge in [0.1, 0.15) is 17.6 Å². The minimum absolute atomic E-state index is 0.0169. The van der Waals surface area contributed by atoms with E-state index in [9.17, 15) is 0 Å². The van der Waals surface area contributed by atoms with Crippen molar-refractivity contribution in [3.63, 3.8) is 0 Å². The molecule has 0 heterocycles. The molecular formula is C12H19NO3. The van der Waals surface area contributed by atoms with Crippen LogP contribution in [0.2, 0.25) is 0 Å². The van der Waals surface area contributed by atoms with Crippen LogP contribution in [0.25, 0.3) is 0 Å². The van der Waals surface area contributed by atoms with Crippen molar-refractivity contribution in [2.75, 3.05) is 13.1 Å². The Balaban J connectivity index is 2.28. The number of aliphatic hydroxyl groups is 1. The van der Waals surface area contributed by atoms with Gasteiger partial charge in [-0.1, -0.05) is 0 Å². The molecule has 4 heteroatoms. The molecule has 1 rings (SSSR count). The van der Waals surface area contributed by atoms with E-state index in [1.54, 1.807) is 31.2 Å². The maximum atomic E-state index is 9.10. The average molecular weight is 225 g/mol. The Morgan fingerprint density at radius 3 is 2.38 bits per heavy atom. The largest absolute Gasteiger partial charge is 0.508 e. The molecule has 2 unspecified atom stereocenters. The van der Waals surface area contributed by atoms with Gasteiger partial charge in [0.15, 0.2) is 0 Å². The number of nitrogens with one attached hydrogen (secondary N) is 1. The second kappa shape index (κ2) is 6.35. The zero-order valence-electron chi connectivity index (χ0n) is 9.68. The number of hydrogen-bond donors (Lipinski definition) is 3. The summed E-state index contributed by atoms with van der Waals surface area (Å²) < 4.78 is 5.60. The first-order chi connectivity index (χ1) is 7.58. The topological polar surface area (TPSA) is 61.7 Å². The monoisotopic (exact) mass is 225 g/mol. The summed E-state index contributed by atoms with van der Waals surface area (Å²) in [6.45, 7) is 4.91. The number of phenols is 1. The Kier molecular flexibility index (Phi) is 5.08. The predicted molar refractivity (Wildman–Crippen MR) is 62.7 cm³/mol. The lowest BCUT2D eigenvalue weighted by Gasteiger charge is -2.16. The van der Waals surface area contributed by atoms with Gasteiger partial charge in [-0.3, -0.25) is 0 Å². The van der Waals surface area contributed by atoms with Gasteiger partial charge < -0.3 is 20.3 Å². The van der Waals surface area contributed by atoms with Gasteiger partial charge in [-0.15, -0.1) is 0 Å². The highest BCUT2D eigenvalue weighted by molar-refractivity contribution is 5.30. The molecule has 0 saturated heterocycles. The molecule has 0 saturated carbocycles. The van der Waals surface area contributed by atoms with E-state index in [4.69, 9.17) is 14.9 Å². The summed E-state index contributed by atoms with van der Waals surface area (Å²) >= 11 is 0. The van der Waals surface area contributed by atoms with E-state index >= 15 is 0 Å². The second-order valence-electron chi connectivity index (χ2n) is 3.93. The normalized spacial score (nSPS) is 14.4. The number of hydrogen-bond acceptors (Lipinski definition) is 4. The molecule has 0 aromatic heterocycles. The molecule has 0 fully saturated rings. The van der Waals surface area contributed by atoms with Crippen LogP contribution in [0.1, 0.15) is 13.8 Å². The van der Waals surface area contributed by atoms with Crippen LogP contribution in [0.4, 0.5) is 0 Å². The van der Waals surface area contributed by atoms with Crippen LogP contribution in [-0.2, 0) is 0 Å². The van der Waals surface area contributed by atoms with E-state index < -0.39 is 0 Å². The second-order valence-corrected chi connectivity index (χ2v) is 3.93. The molecule has 1 aromatic rings. The van der Waals surface area contributed by atoms with Gasteiger partial charge in [-0.2, -0.15) is 0 Å². The summed E-state index contributed by atoms with van der Waals surface area (Å²) in [5, 5.41) is 21.2. The smallest absolute Gasteiger partial charge is 0.120 e. The van der Waals surface area contributed by atoms with E-state index in [0.717, 1.165) is 5.75 Å². The maximum absolute atomic E-state index is 9.10. The molecule has 0 bridgehead atoms. The molecule has 0 spiro atoms. The van der Waals surface area contributed by atoms with Crippen molar-refractivity contribution in [1.29, 1.82) is 0 Å². The minimum Gasteiger partial charge on any atom is -0.508 e. The lowest BCUT2D eigenvalue weighted by Crippen LogP contribution is -2.33. The first-order valence-electron chi connectivity index (χ1n) is 5.42. The van der Waals surface area contributed by atoms with Crippen LogP contribution < -0.4 is 10.1 Å². The van der Waals surface area contributed by atoms with Crippen LogP contribution in [0.15, 0.2) is 24.3 Å². The van der Waals surface area contributed by atoms with Gasteiger partial charge in [-0.25, -0.2) is 0 Å². The number of rotatable bonds is 6. The summed E-state index contributed by atoms with van der Waals surface area (Å²) in [5.74, 6) is 0.955. The molecule has 0 aliphatic heterocycles. The molecule has 0 amide bonds. The minimum atomic E-state index is -0.346. The van der Waals surface area contributed by atoms with Crippen molar-refractivity contribution in [3.8, 4) is 11.5 Å². The third-order valence-corrected chi connectivity index (χ3v) is 2.05. The van der Waals surface area contributed by atoms with E-state index in [1.165, 1.54) is 0 Å². The van der Waals surface area contributed by atoms with E-state index in [-0.39, 0.29) is 18.0 Å². The SMILES string of the molecule is CC(O)CNCC(C)Oc1ccc(O)cc1. The van der Waals surface area contributed by atoms with Crippen molar-refractivity contribution in [1.82, 2.24) is 5.32 Å². The van der Waals surface area contributed by atoms with Crippen molar-refractivity contribution in [2.45, 2.75) is 26.1 Å². The van der Waals surface area contributed by atoms with Gasteiger partial charge >= 0.3 is 0 Å². The Hall–Kier alpha value is -1.26. The molecule has 0 radical (unpaired) electrons. The Bertz CT molecular complexity index is 298. The molecule has 4 nitrogen and oxygen atoms in total. The highest BCUT2D eigenvalue weighted by atomic mass is 16.5. The highest BCUT2D eigenvalue weighted by Gasteiger charge is 2.04. The summed E-state index contributed by atoms with van der Waals surface area (Å²) in [6, 6.07) is 6.62. The van der Waals surface area contributed by atoms with Crippen molar-refractivity contribution in [2.24, 2.45) is 0 Å². The number of aliphatic hydroxyl groups excluding tert-OH is 1. The summed E-state index contributed by atoms with van der Waals surface area (Å²) in [7, 11) is 0. The van der Waals surface area contributed by atoms with Crippen LogP contribution in [-0.4, -0.2) is 35.5 Å². The van der Waals surface area contributed by atoms with Crippen LogP contribution in [0, 0.1) is 0 Å². The van der Waals surface area contributed by atoms with Crippen LogP contribution >= 0.6 is 0 Å². The van der Waals surface area contributed by atoms with E-state index in [2.05, 4.69) is 5.32 Å². The van der Waals surface area contributed by atoms with E-state index in [1.807, 2.05) is 6.92 Å². The predicted octanol–water partition coefficient (Wildman–Crippen LogP) is 1.13.